The maximum absolute atomic E-state index is 15.0. The summed E-state index contributed by atoms with van der Waals surface area (Å²) in [5.41, 5.74) is 1.30. The summed E-state index contributed by atoms with van der Waals surface area (Å²) in [6.45, 7) is 15.5. The first kappa shape index (κ1) is 62.5. The summed E-state index contributed by atoms with van der Waals surface area (Å²) < 4.78 is 0. The number of phenolic OH excluding ortho intramolecular Hbond substituents is 1. The van der Waals surface area contributed by atoms with Gasteiger partial charge < -0.3 is 56.6 Å². The smallest absolute Gasteiger partial charge is 0.246 e. The van der Waals surface area contributed by atoms with E-state index in [1.54, 1.807) is 57.2 Å². The van der Waals surface area contributed by atoms with E-state index in [1.807, 2.05) is 40.7 Å². The van der Waals surface area contributed by atoms with Gasteiger partial charge in [0.2, 0.25) is 59.1 Å². The van der Waals surface area contributed by atoms with Gasteiger partial charge in [0, 0.05) is 39.0 Å². The summed E-state index contributed by atoms with van der Waals surface area (Å²) in [6, 6.07) is 4.18. The lowest BCUT2D eigenvalue weighted by molar-refractivity contribution is -0.149. The Kier molecular flexibility index (Phi) is 21.6. The molecule has 12 atom stereocenters. The highest BCUT2D eigenvalue weighted by molar-refractivity contribution is 6.00. The molecule has 5 heterocycles. The van der Waals surface area contributed by atoms with Crippen LogP contribution in [0.5, 0.6) is 5.75 Å². The molecule has 2 aromatic rings. The fraction of sp³-hybridized carbons (Fsp3) is 0.639. The molecule has 0 spiro atoms. The lowest BCUT2D eigenvalue weighted by atomic mass is 9.96. The number of fused-ring (bicyclic) bond motifs is 4. The fourth-order valence-corrected chi connectivity index (χ4v) is 12.2. The highest BCUT2D eigenvalue weighted by Crippen LogP contribution is 2.30. The fourth-order valence-electron chi connectivity index (χ4n) is 12.2. The van der Waals surface area contributed by atoms with Crippen LogP contribution in [-0.4, -0.2) is 170 Å². The molecule has 5 saturated heterocycles. The van der Waals surface area contributed by atoms with Gasteiger partial charge in [-0.2, -0.15) is 0 Å². The Labute approximate surface area is 482 Å². The van der Waals surface area contributed by atoms with Gasteiger partial charge in [-0.1, -0.05) is 111 Å². The number of benzene rings is 2. The van der Waals surface area contributed by atoms with Crippen molar-refractivity contribution in [2.45, 2.75) is 199 Å². The molecule has 0 aliphatic carbocycles. The third kappa shape index (κ3) is 14.9. The van der Waals surface area contributed by atoms with Gasteiger partial charge in [0.15, 0.2) is 0 Å². The maximum Gasteiger partial charge on any atom is 0.246 e. The minimum absolute atomic E-state index is 0.00641. The van der Waals surface area contributed by atoms with E-state index in [0.717, 1.165) is 0 Å². The van der Waals surface area contributed by atoms with E-state index >= 15 is 0 Å². The Morgan fingerprint density at radius 2 is 0.817 bits per heavy atom. The van der Waals surface area contributed by atoms with E-state index in [-0.39, 0.29) is 63.5 Å². The van der Waals surface area contributed by atoms with Crippen LogP contribution < -0.4 is 31.9 Å². The molecule has 0 bridgehead atoms. The summed E-state index contributed by atoms with van der Waals surface area (Å²) in [7, 11) is 0. The number of carbonyl (C=O) groups excluding carboxylic acids is 10. The Bertz CT molecular complexity index is 2630. The number of phenols is 1. The number of carbonyl (C=O) groups is 10. The van der Waals surface area contributed by atoms with Crippen molar-refractivity contribution in [1.82, 2.24) is 51.5 Å². The predicted octanol–water partition coefficient (Wildman–Crippen LogP) is 2.86. The molecule has 7 N–H and O–H groups in total. The number of hydrogen-bond donors (Lipinski definition) is 7. The summed E-state index contributed by atoms with van der Waals surface area (Å²) in [6.07, 6.45) is 4.15. The Hall–Kier alpha value is -7.06. The zero-order valence-corrected chi connectivity index (χ0v) is 49.1. The quantitative estimate of drug-likeness (QED) is 0.172. The molecule has 11 unspecified atom stereocenters. The molecule has 21 heteroatoms. The van der Waals surface area contributed by atoms with Gasteiger partial charge in [-0.3, -0.25) is 47.9 Å². The van der Waals surface area contributed by atoms with Crippen LogP contribution in [-0.2, 0) is 60.8 Å². The molecule has 5 aliphatic rings. The number of aromatic hydroxyl groups is 1. The standard InChI is InChI=1S/C61H88N10O11/c1-9-37(7)50-57(78)63-43(33-39-18-12-11-13-19-39)52(73)65-49(36(5)6)56(77)64-44(32-35(3)4)58(79)70-30-16-22-47(70)59(80)68-28-14-20-45(68)54(75)62-42(34-40-24-26-41(72)27-25-40)53(74)67-51(38(8)10-2)61(82)71-31-17-23-48(71)60(81)69-29-15-21-46(69)55(76)66-50/h11-13,18-19,24-27,35-38,42-51,72H,9-10,14-17,20-23,28-34H2,1-8H3,(H,62,75)(H,63,78)(H,64,77)(H,65,73)(H,66,76)(H,67,74)/t37?,38?,42?,43-,44?,45?,46?,47?,48?,49?,50?,51?/m0/s1. The zero-order valence-electron chi connectivity index (χ0n) is 49.1. The van der Waals surface area contributed by atoms with Gasteiger partial charge in [0.05, 0.1) is 0 Å². The third-order valence-corrected chi connectivity index (χ3v) is 17.4. The van der Waals surface area contributed by atoms with Crippen LogP contribution in [0.2, 0.25) is 0 Å². The van der Waals surface area contributed by atoms with Crippen molar-refractivity contribution in [3.05, 3.63) is 65.7 Å². The Balaban J connectivity index is 1.26. The predicted molar refractivity (Wildman–Crippen MR) is 306 cm³/mol. The monoisotopic (exact) mass is 1140 g/mol. The van der Waals surface area contributed by atoms with Crippen molar-refractivity contribution >= 4 is 59.1 Å². The van der Waals surface area contributed by atoms with Crippen molar-refractivity contribution in [1.29, 1.82) is 0 Å². The van der Waals surface area contributed by atoms with Crippen LogP contribution in [0.1, 0.15) is 137 Å². The van der Waals surface area contributed by atoms with Crippen molar-refractivity contribution in [2.75, 3.05) is 26.2 Å². The number of nitrogens with one attached hydrogen (secondary N) is 6. The van der Waals surface area contributed by atoms with Crippen LogP contribution in [0.3, 0.4) is 0 Å². The van der Waals surface area contributed by atoms with E-state index in [1.165, 1.54) is 31.7 Å². The van der Waals surface area contributed by atoms with Crippen LogP contribution in [0.15, 0.2) is 54.6 Å². The molecular formula is C61H88N10O11. The van der Waals surface area contributed by atoms with Crippen LogP contribution in [0.4, 0.5) is 0 Å². The lowest BCUT2D eigenvalue weighted by Crippen LogP contribution is -2.62. The molecule has 0 radical (unpaired) electrons. The highest BCUT2D eigenvalue weighted by Gasteiger charge is 2.48. The van der Waals surface area contributed by atoms with E-state index < -0.39 is 137 Å². The van der Waals surface area contributed by atoms with Crippen molar-refractivity contribution in [3.8, 4) is 5.75 Å². The number of rotatable bonds is 11. The Morgan fingerprint density at radius 1 is 0.427 bits per heavy atom. The number of hydrogen-bond acceptors (Lipinski definition) is 11. The van der Waals surface area contributed by atoms with Crippen LogP contribution in [0.25, 0.3) is 0 Å². The van der Waals surface area contributed by atoms with Gasteiger partial charge in [0.1, 0.15) is 66.2 Å². The van der Waals surface area contributed by atoms with E-state index in [4.69, 9.17) is 0 Å². The molecule has 82 heavy (non-hydrogen) atoms. The minimum Gasteiger partial charge on any atom is -0.508 e. The second kappa shape index (κ2) is 28.3. The lowest BCUT2D eigenvalue weighted by Gasteiger charge is -2.35. The van der Waals surface area contributed by atoms with Gasteiger partial charge in [-0.05, 0) is 105 Å². The normalized spacial score (nSPS) is 28.8. The summed E-state index contributed by atoms with van der Waals surface area (Å²) in [5, 5.41) is 27.6. The van der Waals surface area contributed by atoms with Crippen molar-refractivity contribution < 1.29 is 53.1 Å². The number of nitrogens with zero attached hydrogens (tertiary/aromatic N) is 4. The average molecular weight is 1140 g/mol. The average Bonchev–Trinajstić information content (AvgIpc) is 4.38. The van der Waals surface area contributed by atoms with Gasteiger partial charge in [0.25, 0.3) is 0 Å². The second-order valence-electron chi connectivity index (χ2n) is 24.1. The molecule has 7 rings (SSSR count). The zero-order chi connectivity index (χ0) is 59.5. The SMILES string of the molecule is CCC(C)C1NC(=O)C2CCCN2C(=O)C2CCCN2C(=O)C(C(C)CC)NC(=O)C(Cc2ccc(O)cc2)NC(=O)C2CCCN2C(=O)C2CCCN2C(=O)C(CC(C)C)NC(=O)C(C(C)C)NC(=O)[C@H](Cc2ccccc2)NC1=O. The topological polar surface area (TPSA) is 276 Å². The highest BCUT2D eigenvalue weighted by atomic mass is 16.3. The summed E-state index contributed by atoms with van der Waals surface area (Å²) >= 11 is 0. The number of amides is 10. The first-order chi connectivity index (χ1) is 39.1. The molecule has 10 amide bonds. The van der Waals surface area contributed by atoms with Gasteiger partial charge >= 0.3 is 0 Å². The van der Waals surface area contributed by atoms with E-state index in [9.17, 15) is 53.1 Å². The van der Waals surface area contributed by atoms with Gasteiger partial charge in [-0.25, -0.2) is 0 Å². The van der Waals surface area contributed by atoms with E-state index in [2.05, 4.69) is 31.9 Å². The minimum atomic E-state index is -1.27. The molecule has 0 saturated carbocycles. The van der Waals surface area contributed by atoms with Crippen LogP contribution in [0, 0.1) is 23.7 Å². The first-order valence-corrected chi connectivity index (χ1v) is 30.0. The molecule has 21 nitrogen and oxygen atoms in total. The molecule has 5 aliphatic heterocycles. The maximum atomic E-state index is 15.0. The second-order valence-corrected chi connectivity index (χ2v) is 24.1. The van der Waals surface area contributed by atoms with Gasteiger partial charge in [-0.15, -0.1) is 0 Å². The Morgan fingerprint density at radius 3 is 1.30 bits per heavy atom. The summed E-state index contributed by atoms with van der Waals surface area (Å²) in [4.78, 5) is 153. The third-order valence-electron chi connectivity index (χ3n) is 17.4. The van der Waals surface area contributed by atoms with Crippen molar-refractivity contribution in [3.63, 3.8) is 0 Å². The van der Waals surface area contributed by atoms with E-state index in [0.29, 0.717) is 68.9 Å². The summed E-state index contributed by atoms with van der Waals surface area (Å²) in [5.74, 6) is -7.15. The molecular weight excluding hydrogens is 1050 g/mol. The van der Waals surface area contributed by atoms with Crippen LogP contribution >= 0.6 is 0 Å². The van der Waals surface area contributed by atoms with Crippen molar-refractivity contribution in [2.24, 2.45) is 23.7 Å². The molecule has 0 aromatic heterocycles. The molecule has 2 aromatic carbocycles. The first-order valence-electron chi connectivity index (χ1n) is 30.0. The molecule has 5 fully saturated rings. The molecule has 448 valence electrons. The largest absolute Gasteiger partial charge is 0.508 e.